The molecule has 0 radical (unpaired) electrons. The maximum absolute atomic E-state index is 14.1. The van der Waals surface area contributed by atoms with Gasteiger partial charge >= 0.3 is 11.5 Å². The van der Waals surface area contributed by atoms with Crippen molar-refractivity contribution in [2.24, 2.45) is 0 Å². The van der Waals surface area contributed by atoms with Crippen molar-refractivity contribution >= 4 is 54.5 Å². The highest BCUT2D eigenvalue weighted by Gasteiger charge is 2.48. The molecule has 1 aliphatic heterocycles. The van der Waals surface area contributed by atoms with Gasteiger partial charge in [0.15, 0.2) is 0 Å². The van der Waals surface area contributed by atoms with Gasteiger partial charge in [0.05, 0.1) is 16.2 Å². The lowest BCUT2D eigenvalue weighted by Crippen LogP contribution is -2.46. The van der Waals surface area contributed by atoms with Crippen LogP contribution >= 0.6 is 11.6 Å². The fourth-order valence-corrected chi connectivity index (χ4v) is 8.74. The second-order valence-corrected chi connectivity index (χ2v) is 16.5. The number of nitrogens with zero attached hydrogens (tertiary/aromatic N) is 3. The Morgan fingerprint density at radius 3 is 2.02 bits per heavy atom. The molecule has 1 fully saturated rings. The van der Waals surface area contributed by atoms with E-state index in [-0.39, 0.29) is 17.3 Å². The monoisotopic (exact) mass is 804 g/mol. The SMILES string of the molecule is CCn1c(C)c(C(=O)O)c(-c2cccc(N3CCN(c4ccc(NS(=O)(=O)c5ccc(F)c(S(=O)(=O)C(F)(F)F)c5)cc4)CC3)c2)c1-c1ccc(Cl)cc1. The van der Waals surface area contributed by atoms with Gasteiger partial charge in [-0.1, -0.05) is 35.9 Å². The average Bonchev–Trinajstić information content (AvgIpc) is 3.43. The number of hydrogen-bond acceptors (Lipinski definition) is 7. The fourth-order valence-electron chi connectivity index (χ4n) is 6.60. The Morgan fingerprint density at radius 2 is 1.44 bits per heavy atom. The van der Waals surface area contributed by atoms with Crippen LogP contribution in [0, 0.1) is 12.7 Å². The van der Waals surface area contributed by atoms with Gasteiger partial charge in [0, 0.05) is 66.1 Å². The number of nitrogens with one attached hydrogen (secondary N) is 1. The number of sulfonamides is 1. The first-order chi connectivity index (χ1) is 25.4. The van der Waals surface area contributed by atoms with E-state index in [2.05, 4.69) is 14.5 Å². The van der Waals surface area contributed by atoms with Crippen LogP contribution in [0.3, 0.4) is 0 Å². The number of halogens is 5. The van der Waals surface area contributed by atoms with Crippen molar-refractivity contribution in [3.63, 3.8) is 0 Å². The molecule has 6 rings (SSSR count). The Hall–Kier alpha value is -5.06. The number of carbonyl (C=O) groups is 1. The number of aromatic nitrogens is 1. The highest BCUT2D eigenvalue weighted by molar-refractivity contribution is 7.93. The normalized spacial score (nSPS) is 14.0. The Labute approximate surface area is 314 Å². The number of benzene rings is 4. The van der Waals surface area contributed by atoms with Gasteiger partial charge in [-0.15, -0.1) is 0 Å². The maximum Gasteiger partial charge on any atom is 0.502 e. The molecule has 54 heavy (non-hydrogen) atoms. The molecular formula is C37H33ClF4N4O6S2. The van der Waals surface area contributed by atoms with E-state index in [9.17, 15) is 44.3 Å². The predicted octanol–water partition coefficient (Wildman–Crippen LogP) is 8.06. The minimum atomic E-state index is -6.14. The van der Waals surface area contributed by atoms with Crippen LogP contribution in [-0.2, 0) is 26.4 Å². The van der Waals surface area contributed by atoms with Crippen LogP contribution in [-0.4, -0.2) is 64.2 Å². The third kappa shape index (κ3) is 7.37. The summed E-state index contributed by atoms with van der Waals surface area (Å²) in [7, 11) is -10.7. The van der Waals surface area contributed by atoms with Gasteiger partial charge in [-0.3, -0.25) is 4.72 Å². The molecule has 1 saturated heterocycles. The van der Waals surface area contributed by atoms with Crippen molar-refractivity contribution in [1.82, 2.24) is 4.57 Å². The van der Waals surface area contributed by atoms with Gasteiger partial charge < -0.3 is 19.5 Å². The largest absolute Gasteiger partial charge is 0.502 e. The van der Waals surface area contributed by atoms with E-state index in [0.29, 0.717) is 61.1 Å². The number of sulfone groups is 1. The van der Waals surface area contributed by atoms with Crippen LogP contribution in [0.1, 0.15) is 23.0 Å². The van der Waals surface area contributed by atoms with Gasteiger partial charge in [0.2, 0.25) is 0 Å². The molecule has 1 aliphatic rings. The molecule has 2 N–H and O–H groups in total. The first kappa shape index (κ1) is 38.7. The zero-order valence-electron chi connectivity index (χ0n) is 28.7. The predicted molar refractivity (Wildman–Crippen MR) is 199 cm³/mol. The zero-order valence-corrected chi connectivity index (χ0v) is 31.1. The number of carboxylic acid groups (broad SMARTS) is 1. The van der Waals surface area contributed by atoms with Crippen molar-refractivity contribution in [2.75, 3.05) is 40.7 Å². The van der Waals surface area contributed by atoms with Gasteiger partial charge in [0.25, 0.3) is 19.9 Å². The highest BCUT2D eigenvalue weighted by atomic mass is 35.5. The summed E-state index contributed by atoms with van der Waals surface area (Å²) < 4.78 is 107. The van der Waals surface area contributed by atoms with Crippen molar-refractivity contribution in [2.45, 2.75) is 35.7 Å². The number of piperazine rings is 1. The van der Waals surface area contributed by atoms with E-state index in [1.807, 2.05) is 47.9 Å². The third-order valence-corrected chi connectivity index (χ3v) is 12.4. The molecule has 17 heteroatoms. The Balaban J connectivity index is 1.18. The summed E-state index contributed by atoms with van der Waals surface area (Å²) in [5.41, 5.74) is -0.245. The van der Waals surface area contributed by atoms with Crippen molar-refractivity contribution in [1.29, 1.82) is 0 Å². The number of alkyl halides is 3. The molecule has 0 saturated carbocycles. The van der Waals surface area contributed by atoms with E-state index in [0.717, 1.165) is 28.2 Å². The molecule has 284 valence electrons. The zero-order chi connectivity index (χ0) is 39.2. The lowest BCUT2D eigenvalue weighted by atomic mass is 9.96. The minimum Gasteiger partial charge on any atom is -0.478 e. The summed E-state index contributed by atoms with van der Waals surface area (Å²) in [5.74, 6) is -2.76. The molecule has 4 aromatic carbocycles. The molecule has 0 atom stereocenters. The van der Waals surface area contributed by atoms with Gasteiger partial charge in [-0.25, -0.2) is 26.0 Å². The first-order valence-electron chi connectivity index (χ1n) is 16.5. The minimum absolute atomic E-state index is 0.0459. The van der Waals surface area contributed by atoms with E-state index in [1.54, 1.807) is 31.2 Å². The lowest BCUT2D eigenvalue weighted by molar-refractivity contribution is -0.0438. The third-order valence-electron chi connectivity index (χ3n) is 9.24. The molecule has 2 heterocycles. The van der Waals surface area contributed by atoms with Crippen LogP contribution < -0.4 is 14.5 Å². The summed E-state index contributed by atoms with van der Waals surface area (Å²) in [5, 5.41) is 10.9. The van der Waals surface area contributed by atoms with Crippen molar-refractivity contribution < 1.29 is 44.3 Å². The van der Waals surface area contributed by atoms with E-state index in [1.165, 1.54) is 12.1 Å². The second kappa shape index (κ2) is 14.6. The first-order valence-corrected chi connectivity index (χ1v) is 19.8. The molecule has 0 bridgehead atoms. The number of anilines is 3. The summed E-state index contributed by atoms with van der Waals surface area (Å²) in [6.07, 6.45) is 0. The van der Waals surface area contributed by atoms with E-state index >= 15 is 0 Å². The molecule has 5 aromatic rings. The van der Waals surface area contributed by atoms with Crippen molar-refractivity contribution in [3.05, 3.63) is 113 Å². The summed E-state index contributed by atoms with van der Waals surface area (Å²) >= 11 is 6.17. The molecular weight excluding hydrogens is 772 g/mol. The highest BCUT2D eigenvalue weighted by Crippen LogP contribution is 2.41. The number of aromatic carboxylic acids is 1. The number of rotatable bonds is 10. The Bertz CT molecular complexity index is 2450. The molecule has 0 aliphatic carbocycles. The van der Waals surface area contributed by atoms with Crippen LogP contribution in [0.4, 0.5) is 34.6 Å². The van der Waals surface area contributed by atoms with Gasteiger partial charge in [-0.2, -0.15) is 13.2 Å². The average molecular weight is 805 g/mol. The molecule has 10 nitrogen and oxygen atoms in total. The van der Waals surface area contributed by atoms with Crippen LogP contribution in [0.25, 0.3) is 22.4 Å². The number of hydrogen-bond donors (Lipinski definition) is 2. The van der Waals surface area contributed by atoms with E-state index < -0.39 is 46.9 Å². The van der Waals surface area contributed by atoms with Crippen LogP contribution in [0.5, 0.6) is 0 Å². The number of carboxylic acids is 1. The van der Waals surface area contributed by atoms with Crippen molar-refractivity contribution in [3.8, 4) is 22.4 Å². The lowest BCUT2D eigenvalue weighted by Gasteiger charge is -2.37. The van der Waals surface area contributed by atoms with Crippen LogP contribution in [0.2, 0.25) is 5.02 Å². The second-order valence-electron chi connectivity index (χ2n) is 12.5. The Morgan fingerprint density at radius 1 is 0.833 bits per heavy atom. The topological polar surface area (TPSA) is 129 Å². The standard InChI is InChI=1S/C37H33ClF4N4O6S2/c1-3-46-23(2)33(36(47)48)34(35(46)24-7-9-26(38)10-8-24)25-5-4-6-29(21-25)45-19-17-44(18-20-45)28-13-11-27(12-14-28)43-54(51,52)30-15-16-31(39)32(22-30)53(49,50)37(40,41)42/h4-16,21-22,43H,3,17-20H2,1-2H3,(H,47,48). The van der Waals surface area contributed by atoms with Crippen LogP contribution in [0.15, 0.2) is 101 Å². The van der Waals surface area contributed by atoms with E-state index in [4.69, 9.17) is 11.6 Å². The summed E-state index contributed by atoms with van der Waals surface area (Å²) in [4.78, 5) is 14.2. The quantitative estimate of drug-likeness (QED) is 0.136. The summed E-state index contributed by atoms with van der Waals surface area (Å²) in [6, 6.07) is 22.4. The molecule has 0 amide bonds. The smallest absolute Gasteiger partial charge is 0.478 e. The fraction of sp³-hybridized carbons (Fsp3) is 0.216. The van der Waals surface area contributed by atoms with Gasteiger partial charge in [0.1, 0.15) is 10.7 Å². The summed E-state index contributed by atoms with van der Waals surface area (Å²) in [6.45, 7) is 6.72. The Kier molecular flexibility index (Phi) is 10.5. The molecule has 1 aromatic heterocycles. The molecule has 0 spiro atoms. The van der Waals surface area contributed by atoms with Gasteiger partial charge in [-0.05, 0) is 91.7 Å². The molecule has 0 unspecified atom stereocenters. The maximum atomic E-state index is 14.1.